The van der Waals surface area contributed by atoms with Crippen LogP contribution in [0.4, 0.5) is 29.1 Å². The molecule has 2 aliphatic rings. The van der Waals surface area contributed by atoms with Crippen molar-refractivity contribution in [3.8, 4) is 17.0 Å². The Hall–Kier alpha value is -4.52. The summed E-state index contributed by atoms with van der Waals surface area (Å²) in [5, 5.41) is 21.9. The molecule has 4 heterocycles. The van der Waals surface area contributed by atoms with Crippen molar-refractivity contribution in [3.05, 3.63) is 77.6 Å². The maximum absolute atomic E-state index is 15.8. The Morgan fingerprint density at radius 3 is 2.56 bits per heavy atom. The Bertz CT molecular complexity index is 1590. The van der Waals surface area contributed by atoms with E-state index in [4.69, 9.17) is 0 Å². The zero-order valence-electron chi connectivity index (χ0n) is 23.7. The number of phenols is 1. The number of amidine groups is 1. The second kappa shape index (κ2) is 11.6. The van der Waals surface area contributed by atoms with Crippen molar-refractivity contribution in [2.24, 2.45) is 4.99 Å². The summed E-state index contributed by atoms with van der Waals surface area (Å²) >= 11 is 0. The number of benzene rings is 1. The number of piperazine rings is 1. The van der Waals surface area contributed by atoms with Gasteiger partial charge in [-0.1, -0.05) is 26.5 Å². The van der Waals surface area contributed by atoms with E-state index in [-0.39, 0.29) is 42.8 Å². The monoisotopic (exact) mass is 598 g/mol. The third-order valence-electron chi connectivity index (χ3n) is 7.53. The van der Waals surface area contributed by atoms with Gasteiger partial charge >= 0.3 is 0 Å². The molecule has 2 N–H and O–H groups in total. The maximum atomic E-state index is 15.8. The molecule has 2 atom stereocenters. The van der Waals surface area contributed by atoms with Crippen molar-refractivity contribution in [3.63, 3.8) is 0 Å². The molecular formula is C30H30F4N6O3. The minimum atomic E-state index is -2.94. The summed E-state index contributed by atoms with van der Waals surface area (Å²) in [4.78, 5) is 29.2. The maximum Gasteiger partial charge on any atom is 0.260 e. The van der Waals surface area contributed by atoms with Gasteiger partial charge < -0.3 is 20.0 Å². The van der Waals surface area contributed by atoms with E-state index in [1.54, 1.807) is 19.2 Å². The topological polar surface area (TPSA) is 105 Å². The van der Waals surface area contributed by atoms with Gasteiger partial charge in [0.25, 0.3) is 6.43 Å². The minimum Gasteiger partial charge on any atom is -0.507 e. The number of rotatable bonds is 5. The van der Waals surface area contributed by atoms with Crippen LogP contribution in [0.1, 0.15) is 36.6 Å². The Balaban J connectivity index is 1.75. The summed E-state index contributed by atoms with van der Waals surface area (Å²) in [6.45, 7) is 8.52. The third-order valence-corrected chi connectivity index (χ3v) is 7.53. The fourth-order valence-electron chi connectivity index (χ4n) is 5.47. The first-order valence-corrected chi connectivity index (χ1v) is 13.6. The average molecular weight is 599 g/mol. The number of aryl methyl sites for hydroxylation is 1. The van der Waals surface area contributed by atoms with E-state index in [1.807, 2.05) is 13.8 Å². The number of hydrogen-bond acceptors (Lipinski definition) is 8. The first-order chi connectivity index (χ1) is 20.4. The van der Waals surface area contributed by atoms with Gasteiger partial charge in [0.05, 0.1) is 22.5 Å². The van der Waals surface area contributed by atoms with Crippen LogP contribution in [0.2, 0.25) is 0 Å². The summed E-state index contributed by atoms with van der Waals surface area (Å²) < 4.78 is 59.6. The Morgan fingerprint density at radius 1 is 1.16 bits per heavy atom. The Kier molecular flexibility index (Phi) is 8.10. The summed E-state index contributed by atoms with van der Waals surface area (Å²) in [6, 6.07) is 4.59. The number of aromatic hydroxyl groups is 1. The molecule has 1 saturated heterocycles. The number of aliphatic imine (C=N–C) groups is 1. The van der Waals surface area contributed by atoms with E-state index in [0.717, 1.165) is 18.2 Å². The Labute approximate surface area is 245 Å². The molecule has 2 aromatic heterocycles. The number of pyridine rings is 2. The van der Waals surface area contributed by atoms with Crippen LogP contribution in [0.5, 0.6) is 5.75 Å². The van der Waals surface area contributed by atoms with Crippen LogP contribution < -0.4 is 4.90 Å². The van der Waals surface area contributed by atoms with E-state index in [0.29, 0.717) is 16.9 Å². The Morgan fingerprint density at radius 2 is 1.91 bits per heavy atom. The standard InChI is InChI=1S/C30H30F4N6O3/c1-5-22(42)38-11-12-39(20(14-38)27(33)34)28-17-13-19(32)25(23-18(31)7-6-8-21(23)41)36-29(17)40(30(43)37-28)26-16(4)9-10-35-24(26)15(2)3/h5-10,13,15,20,27,30,41,43H,1,11-12,14H2,2-4H3/t20-,30?/m0/s1. The smallest absolute Gasteiger partial charge is 0.260 e. The van der Waals surface area contributed by atoms with Gasteiger partial charge in [0, 0.05) is 25.8 Å². The summed E-state index contributed by atoms with van der Waals surface area (Å²) in [7, 11) is 0. The molecule has 1 aromatic carbocycles. The number of aromatic nitrogens is 2. The van der Waals surface area contributed by atoms with Crippen LogP contribution in [-0.4, -0.2) is 80.2 Å². The summed E-state index contributed by atoms with van der Waals surface area (Å²) in [5.74, 6) is -3.49. The second-order valence-corrected chi connectivity index (χ2v) is 10.6. The quantitative estimate of drug-likeness (QED) is 0.324. The van der Waals surface area contributed by atoms with Gasteiger partial charge in [0.15, 0.2) is 5.82 Å². The molecule has 9 nitrogen and oxygen atoms in total. The summed E-state index contributed by atoms with van der Waals surface area (Å²) in [6.07, 6.45) is -2.04. The van der Waals surface area contributed by atoms with E-state index < -0.39 is 53.4 Å². The van der Waals surface area contributed by atoms with Crippen LogP contribution in [0.25, 0.3) is 11.3 Å². The van der Waals surface area contributed by atoms with E-state index >= 15 is 4.39 Å². The zero-order valence-corrected chi connectivity index (χ0v) is 23.7. The number of phenolic OH excluding ortho intramolecular Hbond substituents is 1. The second-order valence-electron chi connectivity index (χ2n) is 10.6. The van der Waals surface area contributed by atoms with Crippen LogP contribution in [0, 0.1) is 18.6 Å². The number of carbonyl (C=O) groups is 1. The third kappa shape index (κ3) is 5.29. The number of hydrogen-bond donors (Lipinski definition) is 2. The molecule has 2 aliphatic heterocycles. The van der Waals surface area contributed by atoms with Gasteiger partial charge in [-0.3, -0.25) is 14.7 Å². The van der Waals surface area contributed by atoms with Crippen molar-refractivity contribution in [1.82, 2.24) is 19.8 Å². The molecule has 0 radical (unpaired) electrons. The zero-order chi connectivity index (χ0) is 31.2. The van der Waals surface area contributed by atoms with Crippen LogP contribution in [0.15, 0.2) is 54.2 Å². The van der Waals surface area contributed by atoms with Gasteiger partial charge in [0.2, 0.25) is 12.3 Å². The molecule has 5 rings (SSSR count). The highest BCUT2D eigenvalue weighted by atomic mass is 19.3. The predicted octanol–water partition coefficient (Wildman–Crippen LogP) is 4.70. The van der Waals surface area contributed by atoms with Crippen molar-refractivity contribution in [2.45, 2.75) is 45.5 Å². The molecule has 1 fully saturated rings. The first-order valence-electron chi connectivity index (χ1n) is 13.6. The lowest BCUT2D eigenvalue weighted by molar-refractivity contribution is -0.129. The van der Waals surface area contributed by atoms with Crippen molar-refractivity contribution in [2.75, 3.05) is 24.5 Å². The van der Waals surface area contributed by atoms with Crippen molar-refractivity contribution >= 4 is 23.2 Å². The predicted molar refractivity (Wildman–Crippen MR) is 152 cm³/mol. The minimum absolute atomic E-state index is 0.0402. The molecule has 3 aromatic rings. The van der Waals surface area contributed by atoms with Crippen LogP contribution in [0.3, 0.4) is 0 Å². The molecule has 0 bridgehead atoms. The number of aliphatic hydroxyl groups is 1. The van der Waals surface area contributed by atoms with E-state index in [1.165, 1.54) is 26.8 Å². The van der Waals surface area contributed by atoms with Gasteiger partial charge in [-0.15, -0.1) is 0 Å². The first kappa shape index (κ1) is 30.0. The van der Waals surface area contributed by atoms with E-state index in [2.05, 4.69) is 21.5 Å². The lowest BCUT2D eigenvalue weighted by atomic mass is 10.0. The number of aliphatic hydroxyl groups excluding tert-OH is 1. The largest absolute Gasteiger partial charge is 0.507 e. The number of carbonyl (C=O) groups excluding carboxylic acids is 1. The van der Waals surface area contributed by atoms with Crippen LogP contribution in [-0.2, 0) is 4.79 Å². The lowest BCUT2D eigenvalue weighted by Crippen LogP contribution is -2.60. The van der Waals surface area contributed by atoms with Crippen molar-refractivity contribution < 1.29 is 32.6 Å². The SMILES string of the molecule is C=CC(=O)N1CCN(C2=NC(O)N(c3c(C)ccnc3C(C)C)c3nc(-c4c(O)cccc4F)c(F)cc32)[C@H](C(F)F)C1. The molecule has 1 unspecified atom stereocenters. The van der Waals surface area contributed by atoms with Crippen LogP contribution >= 0.6 is 0 Å². The van der Waals surface area contributed by atoms with Gasteiger partial charge in [0.1, 0.15) is 35.0 Å². The fourth-order valence-corrected chi connectivity index (χ4v) is 5.47. The van der Waals surface area contributed by atoms with Gasteiger partial charge in [-0.05, 0) is 48.7 Å². The molecular weight excluding hydrogens is 568 g/mol. The highest BCUT2D eigenvalue weighted by Crippen LogP contribution is 2.42. The number of anilines is 2. The number of fused-ring (bicyclic) bond motifs is 1. The average Bonchev–Trinajstić information content (AvgIpc) is 2.96. The highest BCUT2D eigenvalue weighted by Gasteiger charge is 2.42. The number of nitrogens with zero attached hydrogens (tertiary/aromatic N) is 6. The molecule has 226 valence electrons. The number of amides is 1. The molecule has 1 amide bonds. The normalized spacial score (nSPS) is 18.7. The van der Waals surface area contributed by atoms with Gasteiger partial charge in [-0.2, -0.15) is 0 Å². The fraction of sp³-hybridized carbons (Fsp3) is 0.333. The molecule has 0 aliphatic carbocycles. The molecule has 0 saturated carbocycles. The molecule has 0 spiro atoms. The molecule has 13 heteroatoms. The number of alkyl halides is 2. The molecule has 43 heavy (non-hydrogen) atoms. The summed E-state index contributed by atoms with van der Waals surface area (Å²) in [5.41, 5.74) is 0.513. The van der Waals surface area contributed by atoms with E-state index in [9.17, 15) is 28.2 Å². The highest BCUT2D eigenvalue weighted by molar-refractivity contribution is 6.06. The number of halogens is 4. The van der Waals surface area contributed by atoms with Crippen molar-refractivity contribution in [1.29, 1.82) is 0 Å². The van der Waals surface area contributed by atoms with Gasteiger partial charge in [-0.25, -0.2) is 27.5 Å². The lowest BCUT2D eigenvalue weighted by Gasteiger charge is -2.44.